The maximum Gasteiger partial charge on any atom is 0.240 e. The summed E-state index contributed by atoms with van der Waals surface area (Å²) < 4.78 is 1.97. The van der Waals surface area contributed by atoms with Crippen LogP contribution in [0.4, 0.5) is 0 Å². The van der Waals surface area contributed by atoms with Gasteiger partial charge in [-0.3, -0.25) is 4.79 Å². The number of fused-ring (bicyclic) bond motifs is 1. The van der Waals surface area contributed by atoms with Crippen LogP contribution in [0.3, 0.4) is 0 Å². The van der Waals surface area contributed by atoms with Crippen molar-refractivity contribution in [3.05, 3.63) is 58.9 Å². The van der Waals surface area contributed by atoms with Crippen LogP contribution in [0.15, 0.2) is 54.0 Å². The van der Waals surface area contributed by atoms with Crippen LogP contribution in [0.25, 0.3) is 10.9 Å². The lowest BCUT2D eigenvalue weighted by Crippen LogP contribution is -2.26. The summed E-state index contributed by atoms with van der Waals surface area (Å²) >= 11 is 1.65. The van der Waals surface area contributed by atoms with Gasteiger partial charge >= 0.3 is 0 Å². The van der Waals surface area contributed by atoms with E-state index < -0.39 is 0 Å². The molecule has 0 spiro atoms. The molecule has 0 saturated carbocycles. The predicted molar refractivity (Wildman–Crippen MR) is 78.1 cm³/mol. The molecule has 0 unspecified atom stereocenters. The fourth-order valence-corrected chi connectivity index (χ4v) is 2.73. The smallest absolute Gasteiger partial charge is 0.240 e. The summed E-state index contributed by atoms with van der Waals surface area (Å²) in [4.78, 5) is 13.1. The van der Waals surface area contributed by atoms with Gasteiger partial charge in [0.15, 0.2) is 0 Å². The van der Waals surface area contributed by atoms with Crippen LogP contribution in [-0.2, 0) is 17.9 Å². The number of hydrogen-bond donors (Lipinski definition) is 1. The first kappa shape index (κ1) is 12.0. The van der Waals surface area contributed by atoms with Crippen LogP contribution in [0.5, 0.6) is 0 Å². The fraction of sp³-hybridized carbons (Fsp3) is 0.133. The Morgan fingerprint density at radius 3 is 2.89 bits per heavy atom. The first-order valence-corrected chi connectivity index (χ1v) is 7.04. The van der Waals surface area contributed by atoms with Crippen molar-refractivity contribution >= 4 is 28.1 Å². The Balaban J connectivity index is 1.66. The van der Waals surface area contributed by atoms with E-state index in [0.717, 1.165) is 10.9 Å². The summed E-state index contributed by atoms with van der Waals surface area (Å²) in [6.07, 6.45) is 1.95. The highest BCUT2D eigenvalue weighted by atomic mass is 32.1. The maximum atomic E-state index is 11.9. The van der Waals surface area contributed by atoms with Gasteiger partial charge in [-0.2, -0.15) is 0 Å². The molecule has 1 N–H and O–H groups in total. The van der Waals surface area contributed by atoms with E-state index in [4.69, 9.17) is 0 Å². The van der Waals surface area contributed by atoms with E-state index in [0.29, 0.717) is 13.1 Å². The van der Waals surface area contributed by atoms with Crippen molar-refractivity contribution in [2.75, 3.05) is 0 Å². The van der Waals surface area contributed by atoms with Crippen molar-refractivity contribution in [2.24, 2.45) is 0 Å². The monoisotopic (exact) mass is 270 g/mol. The molecule has 19 heavy (non-hydrogen) atoms. The molecule has 0 saturated heterocycles. The molecule has 96 valence electrons. The summed E-state index contributed by atoms with van der Waals surface area (Å²) in [5.41, 5.74) is 1.09. The van der Waals surface area contributed by atoms with Crippen LogP contribution in [-0.4, -0.2) is 10.5 Å². The molecule has 0 aliphatic carbocycles. The number of nitrogens with one attached hydrogen (secondary N) is 1. The van der Waals surface area contributed by atoms with Crippen molar-refractivity contribution < 1.29 is 4.79 Å². The number of aromatic nitrogens is 1. The van der Waals surface area contributed by atoms with Gasteiger partial charge in [-0.1, -0.05) is 24.3 Å². The zero-order valence-corrected chi connectivity index (χ0v) is 11.2. The van der Waals surface area contributed by atoms with Gasteiger partial charge in [0.1, 0.15) is 6.54 Å². The van der Waals surface area contributed by atoms with Crippen LogP contribution >= 0.6 is 11.3 Å². The summed E-state index contributed by atoms with van der Waals surface area (Å²) in [6, 6.07) is 14.1. The Hall–Kier alpha value is -2.07. The standard InChI is InChI=1S/C15H14N2OS/c18-15(16-10-13-5-3-9-19-13)11-17-8-7-12-4-1-2-6-14(12)17/h1-9H,10-11H2,(H,16,18). The molecule has 0 atom stereocenters. The van der Waals surface area contributed by atoms with Gasteiger partial charge in [-0.15, -0.1) is 11.3 Å². The minimum absolute atomic E-state index is 0.0368. The average Bonchev–Trinajstić information content (AvgIpc) is 3.07. The Bertz CT molecular complexity index is 685. The summed E-state index contributed by atoms with van der Waals surface area (Å²) in [5, 5.41) is 6.11. The number of rotatable bonds is 4. The zero-order chi connectivity index (χ0) is 13.1. The number of carbonyl (C=O) groups is 1. The van der Waals surface area contributed by atoms with Crippen LogP contribution in [0, 0.1) is 0 Å². The molecular formula is C15H14N2OS. The summed E-state index contributed by atoms with van der Waals surface area (Å²) in [7, 11) is 0. The minimum Gasteiger partial charge on any atom is -0.350 e. The van der Waals surface area contributed by atoms with Gasteiger partial charge in [0.25, 0.3) is 0 Å². The van der Waals surface area contributed by atoms with Crippen molar-refractivity contribution in [3.8, 4) is 0 Å². The van der Waals surface area contributed by atoms with Crippen molar-refractivity contribution in [3.63, 3.8) is 0 Å². The molecule has 3 nitrogen and oxygen atoms in total. The van der Waals surface area contributed by atoms with Crippen molar-refractivity contribution in [1.29, 1.82) is 0 Å². The molecule has 1 aromatic carbocycles. The molecule has 2 heterocycles. The van der Waals surface area contributed by atoms with E-state index in [1.807, 2.05) is 52.5 Å². The normalized spacial score (nSPS) is 10.7. The second kappa shape index (κ2) is 5.28. The minimum atomic E-state index is 0.0368. The van der Waals surface area contributed by atoms with Crippen molar-refractivity contribution in [2.45, 2.75) is 13.1 Å². The van der Waals surface area contributed by atoms with Crippen molar-refractivity contribution in [1.82, 2.24) is 9.88 Å². The third-order valence-corrected chi connectivity index (χ3v) is 3.91. The molecule has 0 fully saturated rings. The third-order valence-electron chi connectivity index (χ3n) is 3.03. The van der Waals surface area contributed by atoms with Crippen LogP contribution < -0.4 is 5.32 Å². The van der Waals surface area contributed by atoms with Crippen LogP contribution in [0.1, 0.15) is 4.88 Å². The summed E-state index contributed by atoms with van der Waals surface area (Å²) in [6.45, 7) is 0.967. The highest BCUT2D eigenvalue weighted by Gasteiger charge is 2.05. The number of amides is 1. The third kappa shape index (κ3) is 2.69. The van der Waals surface area contributed by atoms with E-state index >= 15 is 0 Å². The Morgan fingerprint density at radius 2 is 2.05 bits per heavy atom. The molecule has 1 amide bonds. The number of benzene rings is 1. The molecule has 3 rings (SSSR count). The predicted octanol–water partition coefficient (Wildman–Crippen LogP) is 3.02. The summed E-state index contributed by atoms with van der Waals surface area (Å²) in [5.74, 6) is 0.0368. The van der Waals surface area contributed by atoms with E-state index in [2.05, 4.69) is 11.4 Å². The number of thiophene rings is 1. The van der Waals surface area contributed by atoms with Crippen LogP contribution in [0.2, 0.25) is 0 Å². The lowest BCUT2D eigenvalue weighted by atomic mass is 10.2. The highest BCUT2D eigenvalue weighted by molar-refractivity contribution is 7.09. The molecule has 3 aromatic rings. The van der Waals surface area contributed by atoms with Gasteiger partial charge in [0, 0.05) is 16.6 Å². The SMILES string of the molecule is O=C(Cn1ccc2ccccc21)NCc1cccs1. The molecule has 0 aliphatic heterocycles. The zero-order valence-electron chi connectivity index (χ0n) is 10.4. The van der Waals surface area contributed by atoms with Gasteiger partial charge in [-0.05, 0) is 29.0 Å². The molecule has 0 bridgehead atoms. The lowest BCUT2D eigenvalue weighted by Gasteiger charge is -2.06. The van der Waals surface area contributed by atoms with Gasteiger partial charge in [-0.25, -0.2) is 0 Å². The highest BCUT2D eigenvalue weighted by Crippen LogP contribution is 2.14. The first-order valence-electron chi connectivity index (χ1n) is 6.16. The molecule has 0 radical (unpaired) electrons. The first-order chi connectivity index (χ1) is 9.33. The lowest BCUT2D eigenvalue weighted by molar-refractivity contribution is -0.121. The Kier molecular flexibility index (Phi) is 3.33. The maximum absolute atomic E-state index is 11.9. The van der Waals surface area contributed by atoms with Gasteiger partial charge in [0.05, 0.1) is 6.54 Å². The van der Waals surface area contributed by atoms with E-state index in [9.17, 15) is 4.79 Å². The molecule has 4 heteroatoms. The number of carbonyl (C=O) groups excluding carboxylic acids is 1. The Labute approximate surface area is 115 Å². The van der Waals surface area contributed by atoms with Gasteiger partial charge < -0.3 is 9.88 Å². The van der Waals surface area contributed by atoms with Gasteiger partial charge in [0.2, 0.25) is 5.91 Å². The molecule has 0 aliphatic rings. The quantitative estimate of drug-likeness (QED) is 0.777. The average molecular weight is 270 g/mol. The second-order valence-corrected chi connectivity index (χ2v) is 5.39. The molecular weight excluding hydrogens is 256 g/mol. The van der Waals surface area contributed by atoms with E-state index in [1.54, 1.807) is 11.3 Å². The fourth-order valence-electron chi connectivity index (χ4n) is 2.09. The number of nitrogens with zero attached hydrogens (tertiary/aromatic N) is 1. The topological polar surface area (TPSA) is 34.0 Å². The Morgan fingerprint density at radius 1 is 1.16 bits per heavy atom. The van der Waals surface area contributed by atoms with E-state index in [1.165, 1.54) is 4.88 Å². The number of hydrogen-bond acceptors (Lipinski definition) is 2. The molecule has 2 aromatic heterocycles. The second-order valence-electron chi connectivity index (χ2n) is 4.36. The van der Waals surface area contributed by atoms with E-state index in [-0.39, 0.29) is 5.91 Å². The number of para-hydroxylation sites is 1. The largest absolute Gasteiger partial charge is 0.350 e.